The van der Waals surface area contributed by atoms with Gasteiger partial charge in [0.1, 0.15) is 18.4 Å². The van der Waals surface area contributed by atoms with Crippen molar-refractivity contribution in [3.8, 4) is 0 Å². The van der Waals surface area contributed by atoms with Crippen molar-refractivity contribution in [2.75, 3.05) is 19.7 Å². The first-order valence-electron chi connectivity index (χ1n) is 4.10. The number of aliphatic hydroxyl groups excluding tert-OH is 3. The van der Waals surface area contributed by atoms with Crippen LogP contribution in [0.25, 0.3) is 0 Å². The van der Waals surface area contributed by atoms with E-state index in [1.165, 1.54) is 0 Å². The molecular formula is C7H13NO4. The molecule has 0 saturated carbocycles. The monoisotopic (exact) mass is 175 g/mol. The number of fused-ring (bicyclic) bond motifs is 1. The summed E-state index contributed by atoms with van der Waals surface area (Å²) in [5.41, 5.74) is 0. The second-order valence-corrected chi connectivity index (χ2v) is 3.30. The number of piperidine rings is 1. The molecule has 3 N–H and O–H groups in total. The quantitative estimate of drug-likeness (QED) is 0.387. The van der Waals surface area contributed by atoms with Crippen molar-refractivity contribution in [3.05, 3.63) is 0 Å². The van der Waals surface area contributed by atoms with Gasteiger partial charge in [-0.25, -0.2) is 0 Å². The molecule has 2 aliphatic heterocycles. The second kappa shape index (κ2) is 2.93. The molecule has 4 unspecified atom stereocenters. The van der Waals surface area contributed by atoms with Crippen LogP contribution in [0.2, 0.25) is 0 Å². The van der Waals surface area contributed by atoms with Gasteiger partial charge in [0.2, 0.25) is 0 Å². The van der Waals surface area contributed by atoms with Crippen molar-refractivity contribution in [3.63, 3.8) is 0 Å². The van der Waals surface area contributed by atoms with E-state index in [-0.39, 0.29) is 0 Å². The van der Waals surface area contributed by atoms with Crippen LogP contribution < -0.4 is 0 Å². The predicted octanol–water partition coefficient (Wildman–Crippen LogP) is -2.26. The molecule has 0 aliphatic carbocycles. The average molecular weight is 175 g/mol. The Labute approximate surface area is 70.2 Å². The predicted molar refractivity (Wildman–Crippen MR) is 39.3 cm³/mol. The molecule has 0 spiro atoms. The maximum Gasteiger partial charge on any atom is 0.139 e. The zero-order chi connectivity index (χ0) is 8.72. The van der Waals surface area contributed by atoms with Gasteiger partial charge in [-0.05, 0) is 0 Å². The molecule has 4 atom stereocenters. The maximum atomic E-state index is 9.44. The minimum Gasteiger partial charge on any atom is -0.389 e. The van der Waals surface area contributed by atoms with Gasteiger partial charge in [-0.15, -0.1) is 0 Å². The van der Waals surface area contributed by atoms with Gasteiger partial charge in [-0.2, -0.15) is 0 Å². The zero-order valence-electron chi connectivity index (χ0n) is 6.63. The Morgan fingerprint density at radius 3 is 2.67 bits per heavy atom. The third kappa shape index (κ3) is 1.14. The molecule has 2 fully saturated rings. The first kappa shape index (κ1) is 8.40. The summed E-state index contributed by atoms with van der Waals surface area (Å²) in [6.07, 6.45) is -3.36. The molecule has 0 amide bonds. The summed E-state index contributed by atoms with van der Waals surface area (Å²) in [6, 6.07) is 0. The molecule has 2 heterocycles. The van der Waals surface area contributed by atoms with E-state index in [4.69, 9.17) is 4.74 Å². The second-order valence-electron chi connectivity index (χ2n) is 3.30. The van der Waals surface area contributed by atoms with Crippen LogP contribution in [0.1, 0.15) is 0 Å². The Hall–Kier alpha value is -0.200. The lowest BCUT2D eigenvalue weighted by Gasteiger charge is -2.38. The van der Waals surface area contributed by atoms with Gasteiger partial charge in [0.05, 0.1) is 12.7 Å². The molecule has 0 bridgehead atoms. The molecule has 0 radical (unpaired) electrons. The number of aliphatic hydroxyl groups is 3. The number of ether oxygens (including phenoxy) is 1. The summed E-state index contributed by atoms with van der Waals surface area (Å²) >= 11 is 0. The van der Waals surface area contributed by atoms with Crippen LogP contribution in [0.15, 0.2) is 0 Å². The summed E-state index contributed by atoms with van der Waals surface area (Å²) in [5, 5.41) is 28.0. The summed E-state index contributed by atoms with van der Waals surface area (Å²) in [6.45, 7) is 1.65. The third-order valence-corrected chi connectivity index (χ3v) is 2.48. The molecular weight excluding hydrogens is 162 g/mol. The topological polar surface area (TPSA) is 73.2 Å². The van der Waals surface area contributed by atoms with Crippen LogP contribution in [-0.2, 0) is 4.74 Å². The fourth-order valence-electron chi connectivity index (χ4n) is 1.78. The first-order valence-corrected chi connectivity index (χ1v) is 4.10. The van der Waals surface area contributed by atoms with E-state index in [9.17, 15) is 15.3 Å². The fourth-order valence-corrected chi connectivity index (χ4v) is 1.78. The van der Waals surface area contributed by atoms with Crippen molar-refractivity contribution < 1.29 is 20.1 Å². The molecule has 0 aromatic heterocycles. The smallest absolute Gasteiger partial charge is 0.139 e. The highest BCUT2D eigenvalue weighted by Gasteiger charge is 2.44. The maximum absolute atomic E-state index is 9.44. The van der Waals surface area contributed by atoms with Gasteiger partial charge in [-0.1, -0.05) is 0 Å². The molecule has 5 heteroatoms. The van der Waals surface area contributed by atoms with Crippen LogP contribution >= 0.6 is 0 Å². The van der Waals surface area contributed by atoms with Crippen molar-refractivity contribution >= 4 is 0 Å². The number of nitrogens with zero attached hydrogens (tertiary/aromatic N) is 1. The van der Waals surface area contributed by atoms with Gasteiger partial charge in [-0.3, -0.25) is 4.90 Å². The van der Waals surface area contributed by atoms with Crippen molar-refractivity contribution in [1.82, 2.24) is 4.90 Å². The minimum atomic E-state index is -1.08. The van der Waals surface area contributed by atoms with Gasteiger partial charge in [0.25, 0.3) is 0 Å². The zero-order valence-corrected chi connectivity index (χ0v) is 6.63. The highest BCUT2D eigenvalue weighted by atomic mass is 16.5. The molecule has 0 aromatic carbocycles. The van der Waals surface area contributed by atoms with Gasteiger partial charge >= 0.3 is 0 Å². The highest BCUT2D eigenvalue weighted by Crippen LogP contribution is 2.23. The summed E-state index contributed by atoms with van der Waals surface area (Å²) in [7, 11) is 0. The molecule has 2 aliphatic rings. The van der Waals surface area contributed by atoms with E-state index in [2.05, 4.69) is 0 Å². The van der Waals surface area contributed by atoms with E-state index in [1.54, 1.807) is 0 Å². The Kier molecular flexibility index (Phi) is 2.05. The van der Waals surface area contributed by atoms with Gasteiger partial charge < -0.3 is 20.1 Å². The van der Waals surface area contributed by atoms with Gasteiger partial charge in [0, 0.05) is 13.1 Å². The molecule has 2 rings (SSSR count). The molecule has 2 saturated heterocycles. The Bertz CT molecular complexity index is 177. The summed E-state index contributed by atoms with van der Waals surface area (Å²) < 4.78 is 5.19. The van der Waals surface area contributed by atoms with Crippen molar-refractivity contribution in [2.45, 2.75) is 24.5 Å². The largest absolute Gasteiger partial charge is 0.389 e. The molecule has 0 aromatic rings. The fraction of sp³-hybridized carbons (Fsp3) is 1.00. The minimum absolute atomic E-state index is 0.378. The van der Waals surface area contributed by atoms with E-state index in [1.807, 2.05) is 4.90 Å². The van der Waals surface area contributed by atoms with Crippen LogP contribution in [0.3, 0.4) is 0 Å². The first-order chi connectivity index (χ1) is 5.70. The highest BCUT2D eigenvalue weighted by molar-refractivity contribution is 4.92. The lowest BCUT2D eigenvalue weighted by Crippen LogP contribution is -2.59. The molecule has 70 valence electrons. The number of hydrogen-bond donors (Lipinski definition) is 3. The Morgan fingerprint density at radius 1 is 1.17 bits per heavy atom. The SMILES string of the molecule is OC1CN2CCOC2C(O)C1O. The van der Waals surface area contributed by atoms with E-state index >= 15 is 0 Å². The average Bonchev–Trinajstić information content (AvgIpc) is 2.48. The van der Waals surface area contributed by atoms with Crippen LogP contribution in [0.5, 0.6) is 0 Å². The van der Waals surface area contributed by atoms with E-state index in [0.717, 1.165) is 0 Å². The van der Waals surface area contributed by atoms with Crippen LogP contribution in [0, 0.1) is 0 Å². The standard InChI is InChI=1S/C7H13NO4/c9-4-3-8-1-2-12-7(8)6(11)5(4)10/h4-7,9-11H,1-3H2. The Balaban J connectivity index is 2.10. The number of hydrogen-bond acceptors (Lipinski definition) is 5. The number of rotatable bonds is 0. The van der Waals surface area contributed by atoms with E-state index < -0.39 is 24.5 Å². The van der Waals surface area contributed by atoms with Crippen LogP contribution in [0.4, 0.5) is 0 Å². The summed E-state index contributed by atoms with van der Waals surface area (Å²) in [4.78, 5) is 1.84. The molecule has 12 heavy (non-hydrogen) atoms. The van der Waals surface area contributed by atoms with E-state index in [0.29, 0.717) is 19.7 Å². The summed E-state index contributed by atoms with van der Waals surface area (Å²) in [5.74, 6) is 0. The van der Waals surface area contributed by atoms with Crippen LogP contribution in [-0.4, -0.2) is 64.5 Å². The molecule has 5 nitrogen and oxygen atoms in total. The Morgan fingerprint density at radius 2 is 1.92 bits per heavy atom. The third-order valence-electron chi connectivity index (χ3n) is 2.48. The van der Waals surface area contributed by atoms with Crippen molar-refractivity contribution in [2.24, 2.45) is 0 Å². The lowest BCUT2D eigenvalue weighted by atomic mass is 10.0. The lowest BCUT2D eigenvalue weighted by molar-refractivity contribution is -0.178. The van der Waals surface area contributed by atoms with Gasteiger partial charge in [0.15, 0.2) is 0 Å². The van der Waals surface area contributed by atoms with Crippen molar-refractivity contribution in [1.29, 1.82) is 0 Å². The normalized spacial score (nSPS) is 49.2.